The first-order valence-electron chi connectivity index (χ1n) is 12.3. The zero-order valence-electron chi connectivity index (χ0n) is 20.5. The minimum Gasteiger partial charge on any atom is -0.488 e. The smallest absolute Gasteiger partial charge is 0.270 e. The van der Waals surface area contributed by atoms with Gasteiger partial charge in [0.15, 0.2) is 0 Å². The number of benzene rings is 3. The molecule has 4 aromatic rings. The first-order chi connectivity index (χ1) is 17.5. The van der Waals surface area contributed by atoms with Crippen LogP contribution in [0.3, 0.4) is 0 Å². The van der Waals surface area contributed by atoms with E-state index in [1.54, 1.807) is 18.2 Å². The predicted octanol–water partition coefficient (Wildman–Crippen LogP) is 5.82. The van der Waals surface area contributed by atoms with E-state index in [0.29, 0.717) is 50.7 Å². The van der Waals surface area contributed by atoms with E-state index in [1.807, 2.05) is 56.8 Å². The second kappa shape index (κ2) is 10.3. The van der Waals surface area contributed by atoms with Crippen molar-refractivity contribution in [3.05, 3.63) is 108 Å². The van der Waals surface area contributed by atoms with E-state index in [9.17, 15) is 9.18 Å². The molecule has 1 amide bonds. The van der Waals surface area contributed by atoms with Gasteiger partial charge in [-0.05, 0) is 42.8 Å². The molecule has 1 aliphatic heterocycles. The van der Waals surface area contributed by atoms with Gasteiger partial charge in [0, 0.05) is 38.1 Å². The summed E-state index contributed by atoms with van der Waals surface area (Å²) in [7, 11) is 0. The van der Waals surface area contributed by atoms with E-state index in [2.05, 4.69) is 25.6 Å². The van der Waals surface area contributed by atoms with E-state index in [4.69, 9.17) is 4.74 Å². The fourth-order valence-corrected chi connectivity index (χ4v) is 4.87. The summed E-state index contributed by atoms with van der Waals surface area (Å²) in [5.74, 6) is 0.475. The van der Waals surface area contributed by atoms with Gasteiger partial charge in [0.2, 0.25) is 0 Å². The molecule has 1 fully saturated rings. The number of piperazine rings is 1. The second-order valence-electron chi connectivity index (χ2n) is 9.13. The van der Waals surface area contributed by atoms with E-state index < -0.39 is 0 Å². The molecule has 0 radical (unpaired) electrons. The van der Waals surface area contributed by atoms with Crippen LogP contribution in [0.25, 0.3) is 10.9 Å². The first-order valence-corrected chi connectivity index (χ1v) is 12.3. The molecule has 3 aromatic carbocycles. The van der Waals surface area contributed by atoms with Crippen molar-refractivity contribution in [2.24, 2.45) is 0 Å². The molecular formula is C30H30FN3O2. The molecule has 36 heavy (non-hydrogen) atoms. The molecule has 0 spiro atoms. The number of aromatic nitrogens is 1. The Morgan fingerprint density at radius 2 is 1.78 bits per heavy atom. The molecule has 5 nitrogen and oxygen atoms in total. The Bertz CT molecular complexity index is 1400. The van der Waals surface area contributed by atoms with Crippen molar-refractivity contribution in [3.63, 3.8) is 0 Å². The normalized spacial score (nSPS) is 13.7. The van der Waals surface area contributed by atoms with Crippen LogP contribution in [0.15, 0.2) is 85.5 Å². The van der Waals surface area contributed by atoms with Crippen LogP contribution >= 0.6 is 0 Å². The minimum absolute atomic E-state index is 0.0362. The fourth-order valence-electron chi connectivity index (χ4n) is 4.87. The highest BCUT2D eigenvalue weighted by atomic mass is 19.1. The Morgan fingerprint density at radius 3 is 2.53 bits per heavy atom. The molecule has 0 aliphatic carbocycles. The summed E-state index contributed by atoms with van der Waals surface area (Å²) in [6.07, 6.45) is 1.80. The Hall–Kier alpha value is -4.06. The molecule has 1 aliphatic rings. The first kappa shape index (κ1) is 23.7. The van der Waals surface area contributed by atoms with E-state index in [0.717, 1.165) is 22.2 Å². The summed E-state index contributed by atoms with van der Waals surface area (Å²) >= 11 is 0. The number of rotatable bonds is 7. The number of amides is 1. The third-order valence-corrected chi connectivity index (χ3v) is 6.67. The van der Waals surface area contributed by atoms with Crippen molar-refractivity contribution >= 4 is 22.5 Å². The summed E-state index contributed by atoms with van der Waals surface area (Å²) in [5.41, 5.74) is 4.41. The highest BCUT2D eigenvalue weighted by Gasteiger charge is 2.26. The van der Waals surface area contributed by atoms with Crippen molar-refractivity contribution in [2.75, 3.05) is 31.1 Å². The minimum atomic E-state index is -0.235. The van der Waals surface area contributed by atoms with Crippen LogP contribution in [0.5, 0.6) is 5.75 Å². The molecule has 0 bridgehead atoms. The standard InChI is InChI=1S/C30H30FN3O2/c1-3-14-34-26-12-7-13-29(36-21-23-9-6-8-22(2)19-23)24(26)20-28(34)30(35)33-17-15-32(16-18-33)27-11-5-4-10-25(27)31/h3-13,19-20H,1,14-18,21H2,2H3. The lowest BCUT2D eigenvalue weighted by atomic mass is 10.1. The van der Waals surface area contributed by atoms with Gasteiger partial charge in [0.05, 0.1) is 11.2 Å². The number of ether oxygens (including phenoxy) is 1. The lowest BCUT2D eigenvalue weighted by molar-refractivity contribution is 0.0737. The van der Waals surface area contributed by atoms with Crippen LogP contribution in [0, 0.1) is 12.7 Å². The van der Waals surface area contributed by atoms with Crippen molar-refractivity contribution in [1.29, 1.82) is 0 Å². The van der Waals surface area contributed by atoms with Crippen molar-refractivity contribution in [2.45, 2.75) is 20.1 Å². The Balaban J connectivity index is 1.38. The number of hydrogen-bond acceptors (Lipinski definition) is 3. The molecule has 2 heterocycles. The number of hydrogen-bond donors (Lipinski definition) is 0. The zero-order valence-corrected chi connectivity index (χ0v) is 20.5. The summed E-state index contributed by atoms with van der Waals surface area (Å²) < 4.78 is 22.4. The number of anilines is 1. The lowest BCUT2D eigenvalue weighted by Gasteiger charge is -2.36. The van der Waals surface area contributed by atoms with Gasteiger partial charge in [-0.2, -0.15) is 0 Å². The fraction of sp³-hybridized carbons (Fsp3) is 0.233. The molecule has 5 rings (SSSR count). The van der Waals surface area contributed by atoms with E-state index in [-0.39, 0.29) is 11.7 Å². The van der Waals surface area contributed by atoms with Crippen molar-refractivity contribution in [1.82, 2.24) is 9.47 Å². The maximum absolute atomic E-state index is 14.2. The van der Waals surface area contributed by atoms with Gasteiger partial charge >= 0.3 is 0 Å². The summed E-state index contributed by atoms with van der Waals surface area (Å²) in [4.78, 5) is 17.5. The number of carbonyl (C=O) groups is 1. The van der Waals surface area contributed by atoms with Gasteiger partial charge < -0.3 is 19.1 Å². The number of halogens is 1. The topological polar surface area (TPSA) is 37.7 Å². The quantitative estimate of drug-likeness (QED) is 0.311. The monoisotopic (exact) mass is 483 g/mol. The van der Waals surface area contributed by atoms with Gasteiger partial charge in [0.25, 0.3) is 5.91 Å². The molecule has 0 unspecified atom stereocenters. The van der Waals surface area contributed by atoms with Crippen LogP contribution in [0.4, 0.5) is 10.1 Å². The summed E-state index contributed by atoms with van der Waals surface area (Å²) in [6.45, 7) is 9.15. The molecule has 1 aromatic heterocycles. The highest BCUT2D eigenvalue weighted by Crippen LogP contribution is 2.31. The zero-order chi connectivity index (χ0) is 25.1. The van der Waals surface area contributed by atoms with E-state index in [1.165, 1.54) is 11.6 Å². The molecule has 1 saturated heterocycles. The predicted molar refractivity (Wildman–Crippen MR) is 142 cm³/mol. The van der Waals surface area contributed by atoms with Gasteiger partial charge in [-0.25, -0.2) is 4.39 Å². The number of aryl methyl sites for hydroxylation is 1. The van der Waals surface area contributed by atoms with Crippen LogP contribution in [0.2, 0.25) is 0 Å². The molecule has 0 N–H and O–H groups in total. The largest absolute Gasteiger partial charge is 0.488 e. The average molecular weight is 484 g/mol. The maximum atomic E-state index is 14.2. The van der Waals surface area contributed by atoms with Crippen molar-refractivity contribution in [3.8, 4) is 5.75 Å². The van der Waals surface area contributed by atoms with Gasteiger partial charge in [0.1, 0.15) is 23.9 Å². The molecule has 0 atom stereocenters. The maximum Gasteiger partial charge on any atom is 0.270 e. The number of carbonyl (C=O) groups excluding carboxylic acids is 1. The van der Waals surface area contributed by atoms with Gasteiger partial charge in [-0.3, -0.25) is 4.79 Å². The van der Waals surface area contributed by atoms with Gasteiger partial charge in [-0.1, -0.05) is 54.1 Å². The number of fused-ring (bicyclic) bond motifs is 1. The summed E-state index contributed by atoms with van der Waals surface area (Å²) in [6, 6.07) is 22.9. The Labute approximate surface area is 211 Å². The van der Waals surface area contributed by atoms with Crippen LogP contribution in [-0.4, -0.2) is 41.6 Å². The van der Waals surface area contributed by atoms with Crippen LogP contribution in [0.1, 0.15) is 21.6 Å². The van der Waals surface area contributed by atoms with Crippen molar-refractivity contribution < 1.29 is 13.9 Å². The Morgan fingerprint density at radius 1 is 1.00 bits per heavy atom. The van der Waals surface area contributed by atoms with Crippen LogP contribution in [-0.2, 0) is 13.2 Å². The molecular weight excluding hydrogens is 453 g/mol. The van der Waals surface area contributed by atoms with E-state index >= 15 is 0 Å². The third-order valence-electron chi connectivity index (χ3n) is 6.67. The number of nitrogens with zero attached hydrogens (tertiary/aromatic N) is 3. The lowest BCUT2D eigenvalue weighted by Crippen LogP contribution is -2.49. The molecule has 184 valence electrons. The summed E-state index contributed by atoms with van der Waals surface area (Å²) in [5, 5.41) is 0.903. The van der Waals surface area contributed by atoms with Gasteiger partial charge in [-0.15, -0.1) is 6.58 Å². The second-order valence-corrected chi connectivity index (χ2v) is 9.13. The highest BCUT2D eigenvalue weighted by molar-refractivity contribution is 6.00. The molecule has 6 heteroatoms. The number of para-hydroxylation sites is 1. The average Bonchev–Trinajstić information content (AvgIpc) is 3.27. The number of allylic oxidation sites excluding steroid dienone is 1. The van der Waals surface area contributed by atoms with Crippen LogP contribution < -0.4 is 9.64 Å². The third kappa shape index (κ3) is 4.71. The Kier molecular flexibility index (Phi) is 6.76. The molecule has 0 saturated carbocycles. The SMILES string of the molecule is C=CCn1c(C(=O)N2CCN(c3ccccc3F)CC2)cc2c(OCc3cccc(C)c3)cccc21.